The normalized spacial score (nSPS) is 18.7. The van der Waals surface area contributed by atoms with Crippen molar-refractivity contribution in [3.63, 3.8) is 0 Å². The van der Waals surface area contributed by atoms with Crippen molar-refractivity contribution < 1.29 is 28.6 Å². The van der Waals surface area contributed by atoms with Gasteiger partial charge in [-0.2, -0.15) is 0 Å². The van der Waals surface area contributed by atoms with Crippen LogP contribution in [0.1, 0.15) is 17.7 Å². The van der Waals surface area contributed by atoms with Gasteiger partial charge in [0.15, 0.2) is 0 Å². The van der Waals surface area contributed by atoms with E-state index in [4.69, 9.17) is 14.3 Å². The Morgan fingerprint density at radius 1 is 1.19 bits per heavy atom. The molecule has 2 N–H and O–H groups in total. The lowest BCUT2D eigenvalue weighted by atomic mass is 9.90. The molecule has 8 heteroatoms. The zero-order valence-electron chi connectivity index (χ0n) is 14.5. The molecule has 1 aliphatic rings. The van der Waals surface area contributed by atoms with Crippen LogP contribution in [0.3, 0.4) is 0 Å². The second-order valence-electron chi connectivity index (χ2n) is 6.23. The number of furan rings is 1. The molecule has 27 heavy (non-hydrogen) atoms. The number of nitrogens with zero attached hydrogens (tertiary/aromatic N) is 1. The minimum Gasteiger partial charge on any atom is -0.480 e. The predicted octanol–water partition coefficient (Wildman–Crippen LogP) is 1.80. The number of hydrogen-bond donors (Lipinski definition) is 2. The molecule has 2 amide bonds. The van der Waals surface area contributed by atoms with Gasteiger partial charge in [-0.25, -0.2) is 4.79 Å². The van der Waals surface area contributed by atoms with Gasteiger partial charge in [-0.1, -0.05) is 30.3 Å². The summed E-state index contributed by atoms with van der Waals surface area (Å²) in [5.74, 6) is -0.801. The Morgan fingerprint density at radius 3 is 2.63 bits per heavy atom. The third-order valence-corrected chi connectivity index (χ3v) is 4.39. The Hall–Kier alpha value is -3.29. The lowest BCUT2D eigenvalue weighted by molar-refractivity contribution is -0.158. The van der Waals surface area contributed by atoms with Gasteiger partial charge in [0, 0.05) is 6.42 Å². The van der Waals surface area contributed by atoms with Crippen LogP contribution in [0.25, 0.3) is 0 Å². The number of carbonyl (C=O) groups is 3. The highest BCUT2D eigenvalue weighted by atomic mass is 16.5. The van der Waals surface area contributed by atoms with Crippen LogP contribution in [0, 0.1) is 0 Å². The topological polar surface area (TPSA) is 109 Å². The maximum atomic E-state index is 12.2. The number of carboxylic acid groups (broad SMARTS) is 1. The molecule has 2 aromatic rings. The Labute approximate surface area is 155 Å². The first-order chi connectivity index (χ1) is 13.0. The van der Waals surface area contributed by atoms with E-state index in [-0.39, 0.29) is 6.61 Å². The molecule has 3 rings (SSSR count). The van der Waals surface area contributed by atoms with Crippen molar-refractivity contribution in [1.82, 2.24) is 10.2 Å². The summed E-state index contributed by atoms with van der Waals surface area (Å²) in [5, 5.41) is 11.5. The molecular weight excluding hydrogens is 352 g/mol. The molecule has 1 aromatic carbocycles. The fourth-order valence-corrected chi connectivity index (χ4v) is 3.06. The van der Waals surface area contributed by atoms with Crippen molar-refractivity contribution >= 4 is 18.0 Å². The summed E-state index contributed by atoms with van der Waals surface area (Å²) in [6.45, 7) is -0.317. The quantitative estimate of drug-likeness (QED) is 0.684. The van der Waals surface area contributed by atoms with Gasteiger partial charge < -0.3 is 24.5 Å². The molecule has 0 saturated carbocycles. The molecule has 2 atom stereocenters. The average Bonchev–Trinajstić information content (AvgIpc) is 3.18. The van der Waals surface area contributed by atoms with Crippen LogP contribution < -0.4 is 5.32 Å². The summed E-state index contributed by atoms with van der Waals surface area (Å²) >= 11 is 0. The highest BCUT2D eigenvalue weighted by Gasteiger charge is 2.48. The third kappa shape index (κ3) is 4.66. The molecular formula is C19H20N2O6. The van der Waals surface area contributed by atoms with Gasteiger partial charge in [-0.05, 0) is 24.1 Å². The van der Waals surface area contributed by atoms with Crippen molar-refractivity contribution in [1.29, 1.82) is 0 Å². The van der Waals surface area contributed by atoms with E-state index < -0.39 is 36.6 Å². The van der Waals surface area contributed by atoms with Crippen molar-refractivity contribution in [3.05, 3.63) is 60.1 Å². The monoisotopic (exact) mass is 372 g/mol. The van der Waals surface area contributed by atoms with Gasteiger partial charge in [0.05, 0.1) is 12.3 Å². The highest BCUT2D eigenvalue weighted by molar-refractivity contribution is 5.94. The first kappa shape index (κ1) is 18.5. The molecule has 1 fully saturated rings. The average molecular weight is 372 g/mol. The van der Waals surface area contributed by atoms with E-state index in [0.29, 0.717) is 12.8 Å². The summed E-state index contributed by atoms with van der Waals surface area (Å²) in [5.41, 5.74) is 0.828. The maximum absolute atomic E-state index is 12.2. The van der Waals surface area contributed by atoms with E-state index in [1.165, 1.54) is 4.90 Å². The van der Waals surface area contributed by atoms with E-state index in [9.17, 15) is 14.4 Å². The number of carboxylic acids is 1. The lowest BCUT2D eigenvalue weighted by Crippen LogP contribution is -2.71. The molecule has 0 radical (unpaired) electrons. The Kier molecular flexibility index (Phi) is 5.75. The molecule has 0 spiro atoms. The number of rotatable bonds is 8. The minimum absolute atomic E-state index is 0.0868. The smallest absolute Gasteiger partial charge is 0.408 e. The minimum atomic E-state index is -1.10. The SMILES string of the molecule is O=C(O)CN1C(=O)[C@H](NC(=O)OCc2ccccc2)[C@@H]1CCc1ccco1. The first-order valence-electron chi connectivity index (χ1n) is 8.56. The Morgan fingerprint density at radius 2 is 1.96 bits per heavy atom. The second-order valence-corrected chi connectivity index (χ2v) is 6.23. The zero-order valence-corrected chi connectivity index (χ0v) is 14.5. The molecule has 1 aliphatic heterocycles. The third-order valence-electron chi connectivity index (χ3n) is 4.39. The van der Waals surface area contributed by atoms with Gasteiger partial charge in [-0.15, -0.1) is 0 Å². The van der Waals surface area contributed by atoms with Gasteiger partial charge >= 0.3 is 12.1 Å². The standard InChI is InChI=1S/C19H20N2O6/c22-16(23)11-21-15(9-8-14-7-4-10-26-14)17(18(21)24)20-19(25)27-12-13-5-2-1-3-6-13/h1-7,10,15,17H,8-9,11-12H2,(H,20,25)(H,22,23)/t15-,17+/m0/s1. The Balaban J connectivity index is 1.56. The largest absolute Gasteiger partial charge is 0.480 e. The number of nitrogens with one attached hydrogen (secondary N) is 1. The fourth-order valence-electron chi connectivity index (χ4n) is 3.06. The molecule has 0 unspecified atom stereocenters. The zero-order chi connectivity index (χ0) is 19.2. The summed E-state index contributed by atoms with van der Waals surface area (Å²) in [7, 11) is 0. The van der Waals surface area contributed by atoms with Crippen molar-refractivity contribution in [3.8, 4) is 0 Å². The summed E-state index contributed by atoms with van der Waals surface area (Å²) in [6, 6.07) is 11.5. The summed E-state index contributed by atoms with van der Waals surface area (Å²) in [6.07, 6.45) is 1.83. The predicted molar refractivity (Wildman–Crippen MR) is 93.7 cm³/mol. The van der Waals surface area contributed by atoms with Crippen LogP contribution in [0.2, 0.25) is 0 Å². The van der Waals surface area contributed by atoms with Crippen LogP contribution in [0.4, 0.5) is 4.79 Å². The van der Waals surface area contributed by atoms with Gasteiger partial charge in [0.2, 0.25) is 5.91 Å². The van der Waals surface area contributed by atoms with E-state index in [2.05, 4.69) is 5.32 Å². The molecule has 1 saturated heterocycles. The molecule has 0 aliphatic carbocycles. The van der Waals surface area contributed by atoms with E-state index >= 15 is 0 Å². The first-order valence-corrected chi connectivity index (χ1v) is 8.56. The van der Waals surface area contributed by atoms with Crippen LogP contribution in [0.5, 0.6) is 0 Å². The van der Waals surface area contributed by atoms with Crippen LogP contribution in [-0.4, -0.2) is 46.6 Å². The number of alkyl carbamates (subject to hydrolysis) is 1. The van der Waals surface area contributed by atoms with Crippen LogP contribution in [0.15, 0.2) is 53.1 Å². The number of aryl methyl sites for hydroxylation is 1. The van der Waals surface area contributed by atoms with Crippen molar-refractivity contribution in [2.24, 2.45) is 0 Å². The molecule has 2 heterocycles. The van der Waals surface area contributed by atoms with E-state index in [1.807, 2.05) is 30.3 Å². The number of β-lactam (4-membered cyclic amide) rings is 1. The number of ether oxygens (including phenoxy) is 1. The van der Waals surface area contributed by atoms with Gasteiger partial charge in [0.25, 0.3) is 0 Å². The fraction of sp³-hybridized carbons (Fsp3) is 0.316. The number of benzene rings is 1. The highest BCUT2D eigenvalue weighted by Crippen LogP contribution is 2.25. The molecule has 1 aromatic heterocycles. The van der Waals surface area contributed by atoms with Gasteiger partial charge in [0.1, 0.15) is 25.0 Å². The number of hydrogen-bond acceptors (Lipinski definition) is 5. The molecule has 142 valence electrons. The second kappa shape index (κ2) is 8.39. The van der Waals surface area contributed by atoms with Crippen LogP contribution >= 0.6 is 0 Å². The summed E-state index contributed by atoms with van der Waals surface area (Å²) in [4.78, 5) is 36.5. The maximum Gasteiger partial charge on any atom is 0.408 e. The number of amides is 2. The number of aliphatic carboxylic acids is 1. The molecule has 8 nitrogen and oxygen atoms in total. The number of carbonyl (C=O) groups excluding carboxylic acids is 2. The number of likely N-dealkylation sites (tertiary alicyclic amines) is 1. The Bertz CT molecular complexity index is 790. The molecule has 0 bridgehead atoms. The van der Waals surface area contributed by atoms with Crippen molar-refractivity contribution in [2.45, 2.75) is 31.5 Å². The lowest BCUT2D eigenvalue weighted by Gasteiger charge is -2.46. The van der Waals surface area contributed by atoms with Crippen molar-refractivity contribution in [2.75, 3.05) is 6.54 Å². The summed E-state index contributed by atoms with van der Waals surface area (Å²) < 4.78 is 10.4. The van der Waals surface area contributed by atoms with E-state index in [1.54, 1.807) is 18.4 Å². The van der Waals surface area contributed by atoms with E-state index in [0.717, 1.165) is 11.3 Å². The van der Waals surface area contributed by atoms with Crippen LogP contribution in [-0.2, 0) is 27.4 Å². The van der Waals surface area contributed by atoms with Gasteiger partial charge in [-0.3, -0.25) is 9.59 Å².